The van der Waals surface area contributed by atoms with Crippen LogP contribution < -0.4 is 11.1 Å². The maximum atomic E-state index is 12.4. The molecule has 0 fully saturated rings. The highest BCUT2D eigenvalue weighted by atomic mass is 16.2. The predicted molar refractivity (Wildman–Crippen MR) is 94.4 cm³/mol. The van der Waals surface area contributed by atoms with Crippen LogP contribution in [0.2, 0.25) is 0 Å². The highest BCUT2D eigenvalue weighted by Gasteiger charge is 2.13. The molecule has 0 spiro atoms. The molecule has 3 N–H and O–H groups in total. The number of benzene rings is 2. The number of rotatable bonds is 5. The number of aromatic nitrogens is 2. The lowest BCUT2D eigenvalue weighted by Gasteiger charge is -2.15. The van der Waals surface area contributed by atoms with E-state index in [1.165, 1.54) is 0 Å². The SMILES string of the molecule is C[C@H](NC(=O)c1ccc(C(N)=O)cc1)c1cccc(-n2cccn2)c1. The number of carbonyl (C=O) groups excluding carboxylic acids is 2. The molecule has 0 aliphatic carbocycles. The van der Waals surface area contributed by atoms with Crippen molar-refractivity contribution >= 4 is 11.8 Å². The lowest BCUT2D eigenvalue weighted by atomic mass is 10.1. The summed E-state index contributed by atoms with van der Waals surface area (Å²) in [6.45, 7) is 1.91. The molecule has 0 saturated heterocycles. The molecule has 2 amide bonds. The summed E-state index contributed by atoms with van der Waals surface area (Å²) in [7, 11) is 0. The number of primary amides is 1. The molecule has 1 aromatic heterocycles. The van der Waals surface area contributed by atoms with E-state index in [1.807, 2.05) is 43.5 Å². The lowest BCUT2D eigenvalue weighted by molar-refractivity contribution is 0.0937. The zero-order valence-electron chi connectivity index (χ0n) is 13.7. The van der Waals surface area contributed by atoms with Gasteiger partial charge in [-0.1, -0.05) is 12.1 Å². The number of nitrogens with zero attached hydrogens (tertiary/aromatic N) is 2. The average Bonchev–Trinajstić information content (AvgIpc) is 3.16. The molecule has 0 bridgehead atoms. The smallest absolute Gasteiger partial charge is 0.251 e. The lowest BCUT2D eigenvalue weighted by Crippen LogP contribution is -2.26. The molecule has 25 heavy (non-hydrogen) atoms. The topological polar surface area (TPSA) is 90.0 Å². The molecule has 6 nitrogen and oxygen atoms in total. The quantitative estimate of drug-likeness (QED) is 0.751. The Labute approximate surface area is 145 Å². The third kappa shape index (κ3) is 3.74. The van der Waals surface area contributed by atoms with Gasteiger partial charge in [-0.15, -0.1) is 0 Å². The molecule has 3 aromatic rings. The van der Waals surface area contributed by atoms with Gasteiger partial charge in [-0.25, -0.2) is 4.68 Å². The van der Waals surface area contributed by atoms with Gasteiger partial charge >= 0.3 is 0 Å². The molecule has 0 saturated carbocycles. The first-order valence-electron chi connectivity index (χ1n) is 7.85. The molecule has 0 aliphatic rings. The Morgan fingerprint density at radius 2 is 1.80 bits per heavy atom. The van der Waals surface area contributed by atoms with Crippen LogP contribution in [0, 0.1) is 0 Å². The average molecular weight is 334 g/mol. The van der Waals surface area contributed by atoms with Gasteiger partial charge in [-0.05, 0) is 55.0 Å². The fourth-order valence-electron chi connectivity index (χ4n) is 2.51. The van der Waals surface area contributed by atoms with Crippen LogP contribution in [0.15, 0.2) is 67.0 Å². The Hall–Kier alpha value is -3.41. The molecule has 0 aliphatic heterocycles. The maximum Gasteiger partial charge on any atom is 0.251 e. The zero-order chi connectivity index (χ0) is 17.8. The number of hydrogen-bond donors (Lipinski definition) is 2. The Morgan fingerprint density at radius 1 is 1.08 bits per heavy atom. The normalized spacial score (nSPS) is 11.7. The van der Waals surface area contributed by atoms with Crippen LogP contribution in [-0.4, -0.2) is 21.6 Å². The predicted octanol–water partition coefficient (Wildman–Crippen LogP) is 2.46. The minimum atomic E-state index is -0.518. The van der Waals surface area contributed by atoms with Crippen molar-refractivity contribution in [2.45, 2.75) is 13.0 Å². The summed E-state index contributed by atoms with van der Waals surface area (Å²) >= 11 is 0. The molecule has 3 rings (SSSR count). The van der Waals surface area contributed by atoms with Gasteiger partial charge in [0.2, 0.25) is 5.91 Å². The van der Waals surface area contributed by atoms with Crippen LogP contribution in [0.5, 0.6) is 0 Å². The summed E-state index contributed by atoms with van der Waals surface area (Å²) < 4.78 is 1.76. The number of amides is 2. The highest BCUT2D eigenvalue weighted by Crippen LogP contribution is 2.17. The van der Waals surface area contributed by atoms with Crippen LogP contribution in [0.4, 0.5) is 0 Å². The third-order valence-corrected chi connectivity index (χ3v) is 3.92. The van der Waals surface area contributed by atoms with Crippen LogP contribution in [-0.2, 0) is 0 Å². The van der Waals surface area contributed by atoms with Gasteiger partial charge in [-0.3, -0.25) is 9.59 Å². The summed E-state index contributed by atoms with van der Waals surface area (Å²) in [4.78, 5) is 23.5. The molecule has 2 aromatic carbocycles. The second-order valence-corrected chi connectivity index (χ2v) is 5.68. The molecule has 0 unspecified atom stereocenters. The van der Waals surface area contributed by atoms with Gasteiger partial charge < -0.3 is 11.1 Å². The summed E-state index contributed by atoms with van der Waals surface area (Å²) in [5, 5.41) is 7.16. The second kappa shape index (κ2) is 7.00. The first-order chi connectivity index (χ1) is 12.0. The molecule has 0 radical (unpaired) electrons. The first-order valence-corrected chi connectivity index (χ1v) is 7.85. The fourth-order valence-corrected chi connectivity index (χ4v) is 2.51. The Bertz CT molecular complexity index is 886. The molecule has 1 heterocycles. The Balaban J connectivity index is 1.73. The number of nitrogens with two attached hydrogens (primary N) is 1. The van der Waals surface area contributed by atoms with E-state index in [-0.39, 0.29) is 11.9 Å². The van der Waals surface area contributed by atoms with E-state index in [0.717, 1.165) is 11.3 Å². The molecule has 126 valence electrons. The summed E-state index contributed by atoms with van der Waals surface area (Å²) in [6, 6.07) is 15.7. The van der Waals surface area contributed by atoms with Crippen LogP contribution in [0.25, 0.3) is 5.69 Å². The molecule has 1 atom stereocenters. The van der Waals surface area contributed by atoms with E-state index in [4.69, 9.17) is 5.73 Å². The van der Waals surface area contributed by atoms with Crippen LogP contribution in [0.3, 0.4) is 0 Å². The third-order valence-electron chi connectivity index (χ3n) is 3.92. The van der Waals surface area contributed by atoms with E-state index in [0.29, 0.717) is 11.1 Å². The van der Waals surface area contributed by atoms with Crippen molar-refractivity contribution in [2.24, 2.45) is 5.73 Å². The van der Waals surface area contributed by atoms with E-state index in [1.54, 1.807) is 35.1 Å². The molecular formula is C19H18N4O2. The van der Waals surface area contributed by atoms with E-state index < -0.39 is 5.91 Å². The zero-order valence-corrected chi connectivity index (χ0v) is 13.7. The van der Waals surface area contributed by atoms with Crippen molar-refractivity contribution in [3.05, 3.63) is 83.7 Å². The fraction of sp³-hybridized carbons (Fsp3) is 0.105. The van der Waals surface area contributed by atoms with Crippen molar-refractivity contribution in [1.29, 1.82) is 0 Å². The minimum absolute atomic E-state index is 0.182. The van der Waals surface area contributed by atoms with Gasteiger partial charge in [0.15, 0.2) is 0 Å². The van der Waals surface area contributed by atoms with E-state index in [9.17, 15) is 9.59 Å². The number of carbonyl (C=O) groups is 2. The number of hydrogen-bond acceptors (Lipinski definition) is 3. The highest BCUT2D eigenvalue weighted by molar-refractivity contribution is 5.97. The Morgan fingerprint density at radius 3 is 2.44 bits per heavy atom. The summed E-state index contributed by atoms with van der Waals surface area (Å²) in [5.74, 6) is -0.733. The molecule has 6 heteroatoms. The van der Waals surface area contributed by atoms with Gasteiger partial charge in [0.1, 0.15) is 0 Å². The van der Waals surface area contributed by atoms with Crippen molar-refractivity contribution in [1.82, 2.24) is 15.1 Å². The summed E-state index contributed by atoms with van der Waals surface area (Å²) in [6.07, 6.45) is 3.58. The van der Waals surface area contributed by atoms with E-state index >= 15 is 0 Å². The van der Waals surface area contributed by atoms with E-state index in [2.05, 4.69) is 10.4 Å². The maximum absolute atomic E-state index is 12.4. The van der Waals surface area contributed by atoms with Crippen LogP contribution in [0.1, 0.15) is 39.2 Å². The van der Waals surface area contributed by atoms with Gasteiger partial charge in [0.05, 0.1) is 11.7 Å². The van der Waals surface area contributed by atoms with Crippen LogP contribution >= 0.6 is 0 Å². The summed E-state index contributed by atoms with van der Waals surface area (Å²) in [5.41, 5.74) is 7.94. The monoisotopic (exact) mass is 334 g/mol. The number of nitrogens with one attached hydrogen (secondary N) is 1. The molecular weight excluding hydrogens is 316 g/mol. The standard InChI is InChI=1S/C19H18N4O2/c1-13(16-4-2-5-17(12-16)23-11-3-10-21-23)22-19(25)15-8-6-14(7-9-15)18(20)24/h2-13H,1H3,(H2,20,24)(H,22,25)/t13-/m0/s1. The second-order valence-electron chi connectivity index (χ2n) is 5.68. The first kappa shape index (κ1) is 16.4. The Kier molecular flexibility index (Phi) is 4.61. The van der Waals surface area contributed by atoms with Crippen molar-refractivity contribution in [3.8, 4) is 5.69 Å². The largest absolute Gasteiger partial charge is 0.366 e. The van der Waals surface area contributed by atoms with Gasteiger partial charge in [-0.2, -0.15) is 5.10 Å². The minimum Gasteiger partial charge on any atom is -0.366 e. The van der Waals surface area contributed by atoms with Crippen molar-refractivity contribution in [2.75, 3.05) is 0 Å². The van der Waals surface area contributed by atoms with Crippen molar-refractivity contribution in [3.63, 3.8) is 0 Å². The van der Waals surface area contributed by atoms with Gasteiger partial charge in [0.25, 0.3) is 5.91 Å². The van der Waals surface area contributed by atoms with Gasteiger partial charge in [0, 0.05) is 23.5 Å². The van der Waals surface area contributed by atoms with Crippen molar-refractivity contribution < 1.29 is 9.59 Å².